The summed E-state index contributed by atoms with van der Waals surface area (Å²) in [6, 6.07) is 3.88. The number of rotatable bonds is 2. The molecule has 0 amide bonds. The molecule has 0 aliphatic rings. The topological polar surface area (TPSA) is 54.2 Å². The van der Waals surface area contributed by atoms with Crippen molar-refractivity contribution in [3.8, 4) is 0 Å². The predicted octanol–water partition coefficient (Wildman–Crippen LogP) is 1.09. The zero-order valence-electron chi connectivity index (χ0n) is 5.96. The largest absolute Gasteiger partial charge is 0.360 e. The van der Waals surface area contributed by atoms with Gasteiger partial charge in [0.05, 0.1) is 11.4 Å². The summed E-state index contributed by atoms with van der Waals surface area (Å²) < 4.78 is 0. The molecule has 0 unspecified atom stereocenters. The van der Waals surface area contributed by atoms with Crippen LogP contribution in [0.15, 0.2) is 23.4 Å². The Hall–Kier alpha value is -1.25. The molecule has 0 aromatic carbocycles. The van der Waals surface area contributed by atoms with Gasteiger partial charge in [0, 0.05) is 6.20 Å². The van der Waals surface area contributed by atoms with Crippen molar-refractivity contribution < 1.29 is 0 Å². The minimum absolute atomic E-state index is 0.858. The van der Waals surface area contributed by atoms with E-state index in [4.69, 9.17) is 5.84 Å². The molecule has 10 heavy (non-hydrogen) atoms. The molecule has 1 aromatic heterocycles. The first-order chi connectivity index (χ1) is 4.88. The summed E-state index contributed by atoms with van der Waals surface area (Å²) in [4.78, 5) is 3.03. The number of aromatic amines is 1. The molecule has 54 valence electrons. The van der Waals surface area contributed by atoms with Gasteiger partial charge in [0.2, 0.25) is 0 Å². The molecule has 0 radical (unpaired) electrons. The SMILES string of the molecule is CC/C(=N\N)c1ccc[nH]1. The van der Waals surface area contributed by atoms with Crippen LogP contribution in [-0.4, -0.2) is 10.7 Å². The Morgan fingerprint density at radius 3 is 3.00 bits per heavy atom. The number of nitrogens with zero attached hydrogens (tertiary/aromatic N) is 1. The molecule has 1 rings (SSSR count). The molecule has 0 saturated carbocycles. The van der Waals surface area contributed by atoms with Gasteiger partial charge >= 0.3 is 0 Å². The normalized spacial score (nSPS) is 11.9. The molecule has 0 atom stereocenters. The lowest BCUT2D eigenvalue weighted by Gasteiger charge is -1.95. The highest BCUT2D eigenvalue weighted by Gasteiger charge is 1.98. The van der Waals surface area contributed by atoms with Gasteiger partial charge in [-0.2, -0.15) is 5.10 Å². The van der Waals surface area contributed by atoms with E-state index >= 15 is 0 Å². The summed E-state index contributed by atoms with van der Waals surface area (Å²) in [5, 5.41) is 3.63. The zero-order valence-corrected chi connectivity index (χ0v) is 5.96. The number of nitrogens with one attached hydrogen (secondary N) is 1. The number of hydrogen-bond donors (Lipinski definition) is 2. The van der Waals surface area contributed by atoms with Crippen LogP contribution in [0.25, 0.3) is 0 Å². The first-order valence-corrected chi connectivity index (χ1v) is 3.29. The number of H-pyrrole nitrogens is 1. The van der Waals surface area contributed by atoms with Crippen LogP contribution >= 0.6 is 0 Å². The average Bonchev–Trinajstić information content (AvgIpc) is 2.43. The van der Waals surface area contributed by atoms with Crippen LogP contribution in [0.3, 0.4) is 0 Å². The molecule has 1 aromatic rings. The van der Waals surface area contributed by atoms with Gasteiger partial charge in [-0.25, -0.2) is 0 Å². The van der Waals surface area contributed by atoms with E-state index in [1.54, 1.807) is 0 Å². The second kappa shape index (κ2) is 3.06. The van der Waals surface area contributed by atoms with Crippen molar-refractivity contribution >= 4 is 5.71 Å². The highest BCUT2D eigenvalue weighted by atomic mass is 15.1. The van der Waals surface area contributed by atoms with E-state index in [0.717, 1.165) is 17.8 Å². The lowest BCUT2D eigenvalue weighted by atomic mass is 10.2. The summed E-state index contributed by atoms with van der Waals surface area (Å²) in [6.45, 7) is 2.02. The van der Waals surface area contributed by atoms with Crippen molar-refractivity contribution in [1.29, 1.82) is 0 Å². The van der Waals surface area contributed by atoms with Crippen molar-refractivity contribution in [3.63, 3.8) is 0 Å². The standard InChI is InChI=1S/C7H11N3/c1-2-6(10-8)7-4-3-5-9-7/h3-5,9H,2,8H2,1H3/b10-6+. The Labute approximate surface area is 59.9 Å². The maximum Gasteiger partial charge on any atom is 0.0831 e. The fourth-order valence-electron chi connectivity index (χ4n) is 0.861. The summed E-state index contributed by atoms with van der Waals surface area (Å²) >= 11 is 0. The van der Waals surface area contributed by atoms with E-state index in [2.05, 4.69) is 10.1 Å². The van der Waals surface area contributed by atoms with Gasteiger partial charge in [-0.15, -0.1) is 0 Å². The molecule has 3 heteroatoms. The molecule has 1 heterocycles. The van der Waals surface area contributed by atoms with Gasteiger partial charge in [0.1, 0.15) is 0 Å². The van der Waals surface area contributed by atoms with E-state index in [-0.39, 0.29) is 0 Å². The number of hydrogen-bond acceptors (Lipinski definition) is 2. The molecular weight excluding hydrogens is 126 g/mol. The Balaban J connectivity index is 2.85. The zero-order chi connectivity index (χ0) is 7.40. The number of hydrazone groups is 1. The van der Waals surface area contributed by atoms with Crippen LogP contribution in [0.2, 0.25) is 0 Å². The quantitative estimate of drug-likeness (QED) is 0.358. The molecular formula is C7H11N3. The fourth-order valence-corrected chi connectivity index (χ4v) is 0.861. The van der Waals surface area contributed by atoms with Crippen molar-refractivity contribution in [3.05, 3.63) is 24.0 Å². The minimum Gasteiger partial charge on any atom is -0.360 e. The van der Waals surface area contributed by atoms with Gasteiger partial charge in [0.15, 0.2) is 0 Å². The van der Waals surface area contributed by atoms with Gasteiger partial charge in [-0.3, -0.25) is 0 Å². The Bertz CT molecular complexity index is 211. The van der Waals surface area contributed by atoms with Crippen molar-refractivity contribution in [2.75, 3.05) is 0 Å². The van der Waals surface area contributed by atoms with Gasteiger partial charge in [-0.1, -0.05) is 6.92 Å². The van der Waals surface area contributed by atoms with Crippen LogP contribution in [0.1, 0.15) is 19.0 Å². The molecule has 0 bridgehead atoms. The monoisotopic (exact) mass is 137 g/mol. The van der Waals surface area contributed by atoms with Crippen molar-refractivity contribution in [1.82, 2.24) is 4.98 Å². The first-order valence-electron chi connectivity index (χ1n) is 3.29. The van der Waals surface area contributed by atoms with Crippen LogP contribution < -0.4 is 5.84 Å². The van der Waals surface area contributed by atoms with E-state index in [1.807, 2.05) is 25.3 Å². The maximum absolute atomic E-state index is 5.14. The third-order valence-electron chi connectivity index (χ3n) is 1.40. The smallest absolute Gasteiger partial charge is 0.0831 e. The second-order valence-corrected chi connectivity index (χ2v) is 2.01. The summed E-state index contributed by atoms with van der Waals surface area (Å²) in [5.41, 5.74) is 1.91. The van der Waals surface area contributed by atoms with Gasteiger partial charge < -0.3 is 10.8 Å². The average molecular weight is 137 g/mol. The summed E-state index contributed by atoms with van der Waals surface area (Å²) in [7, 11) is 0. The van der Waals surface area contributed by atoms with Crippen LogP contribution in [0.5, 0.6) is 0 Å². The van der Waals surface area contributed by atoms with E-state index < -0.39 is 0 Å². The summed E-state index contributed by atoms with van der Waals surface area (Å²) in [6.07, 6.45) is 2.72. The summed E-state index contributed by atoms with van der Waals surface area (Å²) in [5.74, 6) is 5.14. The third-order valence-corrected chi connectivity index (χ3v) is 1.40. The third kappa shape index (κ3) is 1.18. The molecule has 0 aliphatic carbocycles. The van der Waals surface area contributed by atoms with Gasteiger partial charge in [-0.05, 0) is 18.6 Å². The molecule has 0 fully saturated rings. The predicted molar refractivity (Wildman–Crippen MR) is 41.8 cm³/mol. The van der Waals surface area contributed by atoms with Crippen molar-refractivity contribution in [2.45, 2.75) is 13.3 Å². The van der Waals surface area contributed by atoms with E-state index in [9.17, 15) is 0 Å². The number of nitrogens with two attached hydrogens (primary N) is 1. The van der Waals surface area contributed by atoms with Crippen LogP contribution in [-0.2, 0) is 0 Å². The molecule has 3 nitrogen and oxygen atoms in total. The Morgan fingerprint density at radius 1 is 1.80 bits per heavy atom. The van der Waals surface area contributed by atoms with E-state index in [0.29, 0.717) is 0 Å². The van der Waals surface area contributed by atoms with Gasteiger partial charge in [0.25, 0.3) is 0 Å². The highest BCUT2D eigenvalue weighted by molar-refractivity contribution is 5.98. The lowest BCUT2D eigenvalue weighted by molar-refractivity contribution is 1.15. The molecule has 0 aliphatic heterocycles. The van der Waals surface area contributed by atoms with E-state index in [1.165, 1.54) is 0 Å². The first kappa shape index (κ1) is 6.86. The Kier molecular flexibility index (Phi) is 2.10. The minimum atomic E-state index is 0.858. The molecule has 0 saturated heterocycles. The maximum atomic E-state index is 5.14. The van der Waals surface area contributed by atoms with Crippen LogP contribution in [0, 0.1) is 0 Å². The highest BCUT2D eigenvalue weighted by Crippen LogP contribution is 1.99. The second-order valence-electron chi connectivity index (χ2n) is 2.01. The van der Waals surface area contributed by atoms with Crippen LogP contribution in [0.4, 0.5) is 0 Å². The number of aromatic nitrogens is 1. The molecule has 0 spiro atoms. The fraction of sp³-hybridized carbons (Fsp3) is 0.286. The Morgan fingerprint density at radius 2 is 2.60 bits per heavy atom. The van der Waals surface area contributed by atoms with Crippen molar-refractivity contribution in [2.24, 2.45) is 10.9 Å². The lowest BCUT2D eigenvalue weighted by Crippen LogP contribution is -2.02. The molecule has 3 N–H and O–H groups in total.